The minimum absolute atomic E-state index is 0.324. The number of alkyl halides is 1. The van der Waals surface area contributed by atoms with Crippen LogP contribution in [0.4, 0.5) is 0 Å². The van der Waals surface area contributed by atoms with Crippen molar-refractivity contribution in [1.29, 1.82) is 0 Å². The van der Waals surface area contributed by atoms with Crippen LogP contribution in [0.1, 0.15) is 17.8 Å². The third-order valence-electron chi connectivity index (χ3n) is 2.85. The number of rotatable bonds is 5. The molecule has 2 aromatic rings. The summed E-state index contributed by atoms with van der Waals surface area (Å²) in [7, 11) is 0. The summed E-state index contributed by atoms with van der Waals surface area (Å²) < 4.78 is 0. The number of hydrogen-bond donors (Lipinski definition) is 1. The van der Waals surface area contributed by atoms with Crippen LogP contribution < -0.4 is 0 Å². The summed E-state index contributed by atoms with van der Waals surface area (Å²) in [5.41, 5.74) is 2.96. The number of aryl methyl sites for hydroxylation is 2. The fraction of sp³-hybridized carbons (Fsp3) is 0.333. The summed E-state index contributed by atoms with van der Waals surface area (Å²) in [6.07, 6.45) is 1.14. The predicted octanol–water partition coefficient (Wildman–Crippen LogP) is 3.14. The van der Waals surface area contributed by atoms with Crippen molar-refractivity contribution >= 4 is 15.9 Å². The molecule has 0 fully saturated rings. The molecule has 0 bridgehead atoms. The smallest absolute Gasteiger partial charge is 0.159 e. The SMILES string of the molecule is Cc1cc(CCC(O)CBr)nc(-c2ccccc2)n1. The molecule has 1 atom stereocenters. The highest BCUT2D eigenvalue weighted by molar-refractivity contribution is 9.09. The van der Waals surface area contributed by atoms with Gasteiger partial charge in [-0.25, -0.2) is 9.97 Å². The van der Waals surface area contributed by atoms with Gasteiger partial charge in [-0.15, -0.1) is 0 Å². The van der Waals surface area contributed by atoms with Gasteiger partial charge in [-0.3, -0.25) is 0 Å². The molecule has 0 aliphatic carbocycles. The zero-order chi connectivity index (χ0) is 13.7. The molecule has 1 aromatic carbocycles. The van der Waals surface area contributed by atoms with E-state index in [1.807, 2.05) is 43.3 Å². The molecule has 100 valence electrons. The van der Waals surface area contributed by atoms with Crippen molar-refractivity contribution < 1.29 is 5.11 Å². The molecular weight excluding hydrogens is 304 g/mol. The van der Waals surface area contributed by atoms with E-state index in [9.17, 15) is 5.11 Å². The van der Waals surface area contributed by atoms with E-state index in [0.717, 1.165) is 29.2 Å². The number of hydrogen-bond acceptors (Lipinski definition) is 3. The lowest BCUT2D eigenvalue weighted by Gasteiger charge is -2.08. The maximum atomic E-state index is 9.58. The highest BCUT2D eigenvalue weighted by Gasteiger charge is 2.07. The van der Waals surface area contributed by atoms with Crippen LogP contribution in [0.15, 0.2) is 36.4 Å². The Morgan fingerprint density at radius 3 is 2.63 bits per heavy atom. The minimum atomic E-state index is -0.324. The molecule has 4 heteroatoms. The van der Waals surface area contributed by atoms with E-state index in [1.165, 1.54) is 0 Å². The first-order valence-corrected chi connectivity index (χ1v) is 7.45. The summed E-state index contributed by atoms with van der Waals surface area (Å²) in [6, 6.07) is 11.9. The Labute approximate surface area is 121 Å². The second-order valence-electron chi connectivity index (χ2n) is 4.54. The van der Waals surface area contributed by atoms with Crippen molar-refractivity contribution in [3.63, 3.8) is 0 Å². The van der Waals surface area contributed by atoms with Crippen LogP contribution >= 0.6 is 15.9 Å². The second-order valence-corrected chi connectivity index (χ2v) is 5.18. The van der Waals surface area contributed by atoms with Crippen LogP contribution in [-0.4, -0.2) is 26.5 Å². The van der Waals surface area contributed by atoms with E-state index in [-0.39, 0.29) is 6.10 Å². The molecule has 1 aromatic heterocycles. The highest BCUT2D eigenvalue weighted by Crippen LogP contribution is 2.16. The van der Waals surface area contributed by atoms with E-state index in [4.69, 9.17) is 0 Å². The van der Waals surface area contributed by atoms with Gasteiger partial charge in [0.2, 0.25) is 0 Å². The Morgan fingerprint density at radius 1 is 1.21 bits per heavy atom. The summed E-state index contributed by atoms with van der Waals surface area (Å²) in [4.78, 5) is 9.04. The van der Waals surface area contributed by atoms with Crippen LogP contribution in [0.2, 0.25) is 0 Å². The van der Waals surface area contributed by atoms with Gasteiger partial charge in [-0.05, 0) is 25.8 Å². The standard InChI is InChI=1S/C15H17BrN2O/c1-11-9-13(7-8-14(19)10-16)18-15(17-11)12-5-3-2-4-6-12/h2-6,9,14,19H,7-8,10H2,1H3. The molecule has 1 unspecified atom stereocenters. The van der Waals surface area contributed by atoms with E-state index in [2.05, 4.69) is 25.9 Å². The fourth-order valence-corrected chi connectivity index (χ4v) is 2.19. The zero-order valence-electron chi connectivity index (χ0n) is 10.9. The van der Waals surface area contributed by atoms with E-state index in [1.54, 1.807) is 0 Å². The minimum Gasteiger partial charge on any atom is -0.392 e. The lowest BCUT2D eigenvalue weighted by atomic mass is 10.1. The maximum absolute atomic E-state index is 9.58. The van der Waals surface area contributed by atoms with Gasteiger partial charge in [0, 0.05) is 22.3 Å². The molecular formula is C15H17BrN2O. The van der Waals surface area contributed by atoms with Crippen molar-refractivity contribution in [2.45, 2.75) is 25.9 Å². The van der Waals surface area contributed by atoms with Gasteiger partial charge < -0.3 is 5.11 Å². The average Bonchev–Trinajstić information content (AvgIpc) is 2.45. The van der Waals surface area contributed by atoms with Crippen molar-refractivity contribution in [2.75, 3.05) is 5.33 Å². The molecule has 3 nitrogen and oxygen atoms in total. The Kier molecular flexibility index (Phi) is 5.05. The molecule has 2 rings (SSSR count). The number of aromatic nitrogens is 2. The molecule has 0 saturated heterocycles. The molecule has 1 N–H and O–H groups in total. The van der Waals surface area contributed by atoms with Crippen molar-refractivity contribution in [3.8, 4) is 11.4 Å². The Balaban J connectivity index is 2.20. The lowest BCUT2D eigenvalue weighted by Crippen LogP contribution is -2.10. The van der Waals surface area contributed by atoms with Gasteiger partial charge in [0.25, 0.3) is 0 Å². The summed E-state index contributed by atoms with van der Waals surface area (Å²) in [5.74, 6) is 0.754. The molecule has 0 aliphatic rings. The van der Waals surface area contributed by atoms with Gasteiger partial charge >= 0.3 is 0 Å². The average molecular weight is 321 g/mol. The quantitative estimate of drug-likeness (QED) is 0.861. The normalized spacial score (nSPS) is 12.4. The number of aliphatic hydroxyl groups excluding tert-OH is 1. The van der Waals surface area contributed by atoms with E-state index < -0.39 is 0 Å². The number of aliphatic hydroxyl groups is 1. The Bertz CT molecular complexity index is 531. The first kappa shape index (κ1) is 14.2. The summed E-state index contributed by atoms with van der Waals surface area (Å²) >= 11 is 3.27. The fourth-order valence-electron chi connectivity index (χ4n) is 1.87. The Morgan fingerprint density at radius 2 is 1.95 bits per heavy atom. The summed E-state index contributed by atoms with van der Waals surface area (Å²) in [5, 5.41) is 10.2. The van der Waals surface area contributed by atoms with Crippen LogP contribution in [-0.2, 0) is 6.42 Å². The number of halogens is 1. The highest BCUT2D eigenvalue weighted by atomic mass is 79.9. The van der Waals surface area contributed by atoms with E-state index >= 15 is 0 Å². The second kappa shape index (κ2) is 6.78. The largest absolute Gasteiger partial charge is 0.392 e. The van der Waals surface area contributed by atoms with Gasteiger partial charge in [-0.2, -0.15) is 0 Å². The molecule has 0 radical (unpaired) electrons. The maximum Gasteiger partial charge on any atom is 0.159 e. The molecule has 19 heavy (non-hydrogen) atoms. The molecule has 0 saturated carbocycles. The van der Waals surface area contributed by atoms with Crippen LogP contribution in [0.5, 0.6) is 0 Å². The van der Waals surface area contributed by atoms with Crippen LogP contribution in [0, 0.1) is 6.92 Å². The number of benzene rings is 1. The third-order valence-corrected chi connectivity index (χ3v) is 3.60. The van der Waals surface area contributed by atoms with Gasteiger partial charge in [0.15, 0.2) is 5.82 Å². The van der Waals surface area contributed by atoms with Crippen molar-refractivity contribution in [2.24, 2.45) is 0 Å². The van der Waals surface area contributed by atoms with Gasteiger partial charge in [0.05, 0.1) is 6.10 Å². The predicted molar refractivity (Wildman–Crippen MR) is 80.3 cm³/mol. The van der Waals surface area contributed by atoms with Gasteiger partial charge in [-0.1, -0.05) is 46.3 Å². The zero-order valence-corrected chi connectivity index (χ0v) is 12.5. The van der Waals surface area contributed by atoms with E-state index in [0.29, 0.717) is 11.8 Å². The third kappa shape index (κ3) is 4.11. The number of nitrogens with zero attached hydrogens (tertiary/aromatic N) is 2. The summed E-state index contributed by atoms with van der Waals surface area (Å²) in [6.45, 7) is 1.97. The molecule has 0 amide bonds. The Hall–Kier alpha value is -1.26. The molecule has 0 spiro atoms. The van der Waals surface area contributed by atoms with Crippen molar-refractivity contribution in [3.05, 3.63) is 47.8 Å². The van der Waals surface area contributed by atoms with Crippen LogP contribution in [0.3, 0.4) is 0 Å². The topological polar surface area (TPSA) is 46.0 Å². The van der Waals surface area contributed by atoms with Crippen LogP contribution in [0.25, 0.3) is 11.4 Å². The monoisotopic (exact) mass is 320 g/mol. The first-order chi connectivity index (χ1) is 9.19. The molecule has 0 aliphatic heterocycles. The first-order valence-electron chi connectivity index (χ1n) is 6.33. The lowest BCUT2D eigenvalue weighted by molar-refractivity contribution is 0.190. The molecule has 1 heterocycles. The van der Waals surface area contributed by atoms with Gasteiger partial charge in [0.1, 0.15) is 0 Å². The van der Waals surface area contributed by atoms with Crippen molar-refractivity contribution in [1.82, 2.24) is 9.97 Å².